The Hall–Kier alpha value is -1.07. The van der Waals surface area contributed by atoms with E-state index in [-0.39, 0.29) is 0 Å². The van der Waals surface area contributed by atoms with E-state index < -0.39 is 0 Å². The van der Waals surface area contributed by atoms with Crippen LogP contribution in [0.3, 0.4) is 0 Å². The number of methoxy groups -OCH3 is 1. The number of nitrogens with zero attached hydrogens (tertiary/aromatic N) is 3. The van der Waals surface area contributed by atoms with E-state index in [4.69, 9.17) is 9.72 Å². The monoisotopic (exact) mass is 250 g/mol. The summed E-state index contributed by atoms with van der Waals surface area (Å²) in [5, 5.41) is 3.49. The number of imidazole rings is 1. The minimum atomic E-state index is 0.632. The van der Waals surface area contributed by atoms with Crippen LogP contribution < -0.4 is 10.2 Å². The maximum absolute atomic E-state index is 5.18. The zero-order chi connectivity index (χ0) is 12.5. The lowest BCUT2D eigenvalue weighted by atomic mass is 10.1. The number of aryl methyl sites for hydroxylation is 1. The molecule has 0 saturated carbocycles. The number of anilines is 1. The van der Waals surface area contributed by atoms with Crippen LogP contribution in [0.25, 0.3) is 0 Å². The van der Waals surface area contributed by atoms with Gasteiger partial charge in [-0.2, -0.15) is 0 Å². The van der Waals surface area contributed by atoms with Crippen molar-refractivity contribution in [2.24, 2.45) is 5.92 Å². The molecule has 18 heavy (non-hydrogen) atoms. The quantitative estimate of drug-likeness (QED) is 0.851. The third-order valence-corrected chi connectivity index (χ3v) is 4.11. The molecule has 0 radical (unpaired) electrons. The predicted octanol–water partition coefficient (Wildman–Crippen LogP) is 0.636. The van der Waals surface area contributed by atoms with Gasteiger partial charge in [-0.05, 0) is 19.3 Å². The van der Waals surface area contributed by atoms with Gasteiger partial charge in [0.2, 0.25) is 5.95 Å². The van der Waals surface area contributed by atoms with Crippen molar-refractivity contribution >= 4 is 5.95 Å². The molecule has 0 aromatic carbocycles. The SMILES string of the molecule is COCCn1cc(C)nc1N1CC[C@H]2CNC[C@H]21. The number of rotatable bonds is 4. The molecule has 1 N–H and O–H groups in total. The Morgan fingerprint density at radius 3 is 3.22 bits per heavy atom. The van der Waals surface area contributed by atoms with Crippen LogP contribution in [0.4, 0.5) is 5.95 Å². The summed E-state index contributed by atoms with van der Waals surface area (Å²) < 4.78 is 7.42. The molecule has 0 spiro atoms. The molecule has 5 nitrogen and oxygen atoms in total. The Morgan fingerprint density at radius 1 is 1.50 bits per heavy atom. The molecular weight excluding hydrogens is 228 g/mol. The van der Waals surface area contributed by atoms with Gasteiger partial charge in [0.05, 0.1) is 12.3 Å². The van der Waals surface area contributed by atoms with Crippen LogP contribution in [0.15, 0.2) is 6.20 Å². The van der Waals surface area contributed by atoms with E-state index >= 15 is 0 Å². The second-order valence-electron chi connectivity index (χ2n) is 5.34. The van der Waals surface area contributed by atoms with E-state index in [2.05, 4.69) is 27.9 Å². The first-order valence-corrected chi connectivity index (χ1v) is 6.79. The number of aromatic nitrogens is 2. The second-order valence-corrected chi connectivity index (χ2v) is 5.34. The lowest BCUT2D eigenvalue weighted by Crippen LogP contribution is -2.36. The van der Waals surface area contributed by atoms with Crippen LogP contribution in [0.2, 0.25) is 0 Å². The van der Waals surface area contributed by atoms with Crippen LogP contribution in [-0.2, 0) is 11.3 Å². The van der Waals surface area contributed by atoms with Gasteiger partial charge < -0.3 is 19.5 Å². The van der Waals surface area contributed by atoms with Crippen LogP contribution in [0.1, 0.15) is 12.1 Å². The van der Waals surface area contributed by atoms with Gasteiger partial charge in [-0.1, -0.05) is 0 Å². The molecule has 2 aliphatic rings. The Labute approximate surface area is 108 Å². The van der Waals surface area contributed by atoms with E-state index in [1.54, 1.807) is 7.11 Å². The van der Waals surface area contributed by atoms with Gasteiger partial charge in [-0.3, -0.25) is 0 Å². The Kier molecular flexibility index (Phi) is 3.26. The summed E-state index contributed by atoms with van der Waals surface area (Å²) >= 11 is 0. The van der Waals surface area contributed by atoms with Crippen molar-refractivity contribution in [3.05, 3.63) is 11.9 Å². The van der Waals surface area contributed by atoms with Gasteiger partial charge >= 0.3 is 0 Å². The summed E-state index contributed by atoms with van der Waals surface area (Å²) in [6.45, 7) is 7.09. The topological polar surface area (TPSA) is 42.3 Å². The molecule has 3 heterocycles. The third kappa shape index (κ3) is 2.01. The molecule has 0 amide bonds. The summed E-state index contributed by atoms with van der Waals surface area (Å²) in [6, 6.07) is 0.632. The lowest BCUT2D eigenvalue weighted by molar-refractivity contribution is 0.187. The van der Waals surface area contributed by atoms with Gasteiger partial charge in [0.1, 0.15) is 0 Å². The second kappa shape index (κ2) is 4.90. The van der Waals surface area contributed by atoms with Crippen molar-refractivity contribution in [3.63, 3.8) is 0 Å². The van der Waals surface area contributed by atoms with Crippen LogP contribution in [0, 0.1) is 12.8 Å². The van der Waals surface area contributed by atoms with Gasteiger partial charge in [0.25, 0.3) is 0 Å². The standard InChI is InChI=1S/C13H22N4O/c1-10-9-16(5-6-18-2)13(15-10)17-4-3-11-7-14-8-12(11)17/h9,11-12,14H,3-8H2,1-2H3/t11-,12+/m0/s1. The average molecular weight is 250 g/mol. The van der Waals surface area contributed by atoms with Crippen LogP contribution >= 0.6 is 0 Å². The molecule has 0 unspecified atom stereocenters. The van der Waals surface area contributed by atoms with E-state index in [9.17, 15) is 0 Å². The highest BCUT2D eigenvalue weighted by molar-refractivity contribution is 5.38. The molecule has 100 valence electrons. The minimum Gasteiger partial charge on any atom is -0.383 e. The lowest BCUT2D eigenvalue weighted by Gasteiger charge is -2.25. The summed E-state index contributed by atoms with van der Waals surface area (Å²) in [6.07, 6.45) is 3.41. The van der Waals surface area contributed by atoms with Crippen molar-refractivity contribution < 1.29 is 4.74 Å². The normalized spacial score (nSPS) is 26.9. The molecular formula is C13H22N4O. The first-order chi connectivity index (χ1) is 8.79. The molecule has 2 saturated heterocycles. The molecule has 2 aliphatic heterocycles. The predicted molar refractivity (Wildman–Crippen MR) is 71.0 cm³/mol. The van der Waals surface area contributed by atoms with Gasteiger partial charge in [-0.25, -0.2) is 4.98 Å². The number of hydrogen-bond acceptors (Lipinski definition) is 4. The fourth-order valence-electron chi connectivity index (χ4n) is 3.21. The molecule has 1 aromatic heterocycles. The van der Waals surface area contributed by atoms with Crippen molar-refractivity contribution in [1.82, 2.24) is 14.9 Å². The highest BCUT2D eigenvalue weighted by Crippen LogP contribution is 2.31. The van der Waals surface area contributed by atoms with Gasteiger partial charge in [0.15, 0.2) is 0 Å². The Bertz CT molecular complexity index is 417. The highest BCUT2D eigenvalue weighted by Gasteiger charge is 2.39. The van der Waals surface area contributed by atoms with Gasteiger partial charge in [0, 0.05) is 45.5 Å². The number of ether oxygens (including phenoxy) is 1. The molecule has 1 aromatic rings. The summed E-state index contributed by atoms with van der Waals surface area (Å²) in [7, 11) is 1.75. The van der Waals surface area contributed by atoms with Crippen molar-refractivity contribution in [1.29, 1.82) is 0 Å². The van der Waals surface area contributed by atoms with E-state index in [0.29, 0.717) is 6.04 Å². The first kappa shape index (κ1) is 12.0. The summed E-state index contributed by atoms with van der Waals surface area (Å²) in [4.78, 5) is 7.19. The maximum atomic E-state index is 5.18. The largest absolute Gasteiger partial charge is 0.383 e. The molecule has 0 aliphatic carbocycles. The number of nitrogens with one attached hydrogen (secondary N) is 1. The molecule has 0 bridgehead atoms. The first-order valence-electron chi connectivity index (χ1n) is 6.79. The molecule has 2 fully saturated rings. The van der Waals surface area contributed by atoms with Crippen LogP contribution in [-0.4, -0.2) is 48.9 Å². The summed E-state index contributed by atoms with van der Waals surface area (Å²) in [5.41, 5.74) is 1.09. The molecule has 2 atom stereocenters. The number of fused-ring (bicyclic) bond motifs is 1. The van der Waals surface area contributed by atoms with E-state index in [1.807, 2.05) is 0 Å². The van der Waals surface area contributed by atoms with Crippen molar-refractivity contribution in [2.45, 2.75) is 25.9 Å². The molecule has 3 rings (SSSR count). The van der Waals surface area contributed by atoms with Crippen LogP contribution in [0.5, 0.6) is 0 Å². The fourth-order valence-corrected chi connectivity index (χ4v) is 3.21. The van der Waals surface area contributed by atoms with E-state index in [0.717, 1.165) is 43.8 Å². The number of hydrogen-bond donors (Lipinski definition) is 1. The molecule has 5 heteroatoms. The smallest absolute Gasteiger partial charge is 0.206 e. The maximum Gasteiger partial charge on any atom is 0.206 e. The van der Waals surface area contributed by atoms with Crippen molar-refractivity contribution in [3.8, 4) is 0 Å². The average Bonchev–Trinajstić information content (AvgIpc) is 3.00. The van der Waals surface area contributed by atoms with Crippen molar-refractivity contribution in [2.75, 3.05) is 38.3 Å². The Balaban J connectivity index is 1.82. The highest BCUT2D eigenvalue weighted by atomic mass is 16.5. The Morgan fingerprint density at radius 2 is 2.39 bits per heavy atom. The van der Waals surface area contributed by atoms with Gasteiger partial charge in [-0.15, -0.1) is 0 Å². The van der Waals surface area contributed by atoms with E-state index in [1.165, 1.54) is 13.0 Å². The zero-order valence-corrected chi connectivity index (χ0v) is 11.2. The fraction of sp³-hybridized carbons (Fsp3) is 0.769. The third-order valence-electron chi connectivity index (χ3n) is 4.11. The zero-order valence-electron chi connectivity index (χ0n) is 11.2. The summed E-state index contributed by atoms with van der Waals surface area (Å²) in [5.74, 6) is 1.93. The minimum absolute atomic E-state index is 0.632.